The second kappa shape index (κ2) is 5.78. The summed E-state index contributed by atoms with van der Waals surface area (Å²) in [5.41, 5.74) is 0. The maximum absolute atomic E-state index is 11.2. The van der Waals surface area contributed by atoms with E-state index in [4.69, 9.17) is 0 Å². The molecule has 0 aromatic heterocycles. The van der Waals surface area contributed by atoms with Crippen LogP contribution < -0.4 is 0 Å². The molecule has 14 heavy (non-hydrogen) atoms. The standard InChI is InChI=1S/C11H18O3/c1-2-3-4-5-6-9-7-8-10(12)14-11(9)13/h9H,2-8H2,1H3. The molecule has 0 radical (unpaired) electrons. The lowest BCUT2D eigenvalue weighted by atomic mass is 9.94. The van der Waals surface area contributed by atoms with Crippen LogP contribution in [0.5, 0.6) is 0 Å². The highest BCUT2D eigenvalue weighted by Crippen LogP contribution is 2.22. The molecule has 1 fully saturated rings. The maximum atomic E-state index is 11.2. The molecule has 0 bridgehead atoms. The first-order chi connectivity index (χ1) is 6.74. The minimum Gasteiger partial charge on any atom is -0.393 e. The van der Waals surface area contributed by atoms with E-state index in [0.29, 0.717) is 12.8 Å². The van der Waals surface area contributed by atoms with Crippen molar-refractivity contribution in [2.24, 2.45) is 5.92 Å². The summed E-state index contributed by atoms with van der Waals surface area (Å²) in [6, 6.07) is 0. The largest absolute Gasteiger partial charge is 0.393 e. The smallest absolute Gasteiger partial charge is 0.316 e. The number of carbonyl (C=O) groups excluding carboxylic acids is 2. The van der Waals surface area contributed by atoms with Gasteiger partial charge in [-0.15, -0.1) is 0 Å². The molecule has 3 heteroatoms. The minimum absolute atomic E-state index is 0.0236. The van der Waals surface area contributed by atoms with E-state index >= 15 is 0 Å². The van der Waals surface area contributed by atoms with Gasteiger partial charge in [0, 0.05) is 6.42 Å². The summed E-state index contributed by atoms with van der Waals surface area (Å²) in [6.07, 6.45) is 6.64. The Morgan fingerprint density at radius 2 is 2.07 bits per heavy atom. The maximum Gasteiger partial charge on any atom is 0.316 e. The van der Waals surface area contributed by atoms with Crippen LogP contribution in [0.25, 0.3) is 0 Å². The molecular weight excluding hydrogens is 180 g/mol. The van der Waals surface area contributed by atoms with Crippen LogP contribution in [0.4, 0.5) is 0 Å². The summed E-state index contributed by atoms with van der Waals surface area (Å²) in [7, 11) is 0. The first-order valence-electron chi connectivity index (χ1n) is 5.48. The summed E-state index contributed by atoms with van der Waals surface area (Å²) >= 11 is 0. The predicted octanol–water partition coefficient (Wildman–Crippen LogP) is 2.44. The summed E-state index contributed by atoms with van der Waals surface area (Å²) < 4.78 is 4.58. The van der Waals surface area contributed by atoms with Crippen LogP contribution in [-0.2, 0) is 14.3 Å². The van der Waals surface area contributed by atoms with Gasteiger partial charge in [0.15, 0.2) is 0 Å². The van der Waals surface area contributed by atoms with E-state index in [2.05, 4.69) is 11.7 Å². The number of carbonyl (C=O) groups is 2. The first-order valence-corrected chi connectivity index (χ1v) is 5.48. The van der Waals surface area contributed by atoms with Crippen molar-refractivity contribution in [1.82, 2.24) is 0 Å². The zero-order valence-corrected chi connectivity index (χ0v) is 8.75. The van der Waals surface area contributed by atoms with Gasteiger partial charge >= 0.3 is 11.9 Å². The van der Waals surface area contributed by atoms with Crippen LogP contribution in [0.15, 0.2) is 0 Å². The van der Waals surface area contributed by atoms with Crippen molar-refractivity contribution in [3.63, 3.8) is 0 Å². The Bertz CT molecular complexity index is 211. The highest BCUT2D eigenvalue weighted by molar-refractivity contribution is 5.89. The second-order valence-electron chi connectivity index (χ2n) is 3.88. The fourth-order valence-corrected chi connectivity index (χ4v) is 1.74. The van der Waals surface area contributed by atoms with Crippen molar-refractivity contribution in [3.05, 3.63) is 0 Å². The molecule has 0 spiro atoms. The molecule has 0 aliphatic carbocycles. The quantitative estimate of drug-likeness (QED) is 0.387. The van der Waals surface area contributed by atoms with E-state index in [0.717, 1.165) is 12.8 Å². The monoisotopic (exact) mass is 198 g/mol. The molecule has 1 aliphatic heterocycles. The number of cyclic esters (lactones) is 2. The van der Waals surface area contributed by atoms with Crippen molar-refractivity contribution in [2.45, 2.75) is 51.9 Å². The molecule has 80 valence electrons. The average molecular weight is 198 g/mol. The van der Waals surface area contributed by atoms with Crippen LogP contribution >= 0.6 is 0 Å². The third-order valence-electron chi connectivity index (χ3n) is 2.65. The fraction of sp³-hybridized carbons (Fsp3) is 0.818. The lowest BCUT2D eigenvalue weighted by Crippen LogP contribution is -2.27. The number of hydrogen-bond donors (Lipinski definition) is 0. The molecule has 3 nitrogen and oxygen atoms in total. The van der Waals surface area contributed by atoms with Crippen molar-refractivity contribution in [3.8, 4) is 0 Å². The molecule has 1 aliphatic rings. The molecule has 0 N–H and O–H groups in total. The number of rotatable bonds is 5. The van der Waals surface area contributed by atoms with Crippen LogP contribution in [0.1, 0.15) is 51.9 Å². The summed E-state index contributed by atoms with van der Waals surface area (Å²) in [5, 5.41) is 0. The molecule has 0 saturated carbocycles. The van der Waals surface area contributed by atoms with Crippen LogP contribution in [0.2, 0.25) is 0 Å². The lowest BCUT2D eigenvalue weighted by molar-refractivity contribution is -0.167. The van der Waals surface area contributed by atoms with Crippen molar-refractivity contribution in [1.29, 1.82) is 0 Å². The molecule has 0 aromatic carbocycles. The average Bonchev–Trinajstić information content (AvgIpc) is 2.15. The molecule has 1 atom stereocenters. The van der Waals surface area contributed by atoms with E-state index in [1.807, 2.05) is 0 Å². The Hall–Kier alpha value is -0.860. The third-order valence-corrected chi connectivity index (χ3v) is 2.65. The zero-order chi connectivity index (χ0) is 10.4. The van der Waals surface area contributed by atoms with Gasteiger partial charge in [-0.1, -0.05) is 32.6 Å². The van der Waals surface area contributed by atoms with Crippen LogP contribution in [0.3, 0.4) is 0 Å². The summed E-state index contributed by atoms with van der Waals surface area (Å²) in [5.74, 6) is -0.692. The Morgan fingerprint density at radius 1 is 1.29 bits per heavy atom. The van der Waals surface area contributed by atoms with E-state index in [-0.39, 0.29) is 17.9 Å². The number of esters is 2. The third kappa shape index (κ3) is 3.48. The molecule has 1 heterocycles. The van der Waals surface area contributed by atoms with Crippen molar-refractivity contribution >= 4 is 11.9 Å². The van der Waals surface area contributed by atoms with E-state index < -0.39 is 0 Å². The Morgan fingerprint density at radius 3 is 2.71 bits per heavy atom. The molecule has 1 saturated heterocycles. The second-order valence-corrected chi connectivity index (χ2v) is 3.88. The summed E-state index contributed by atoms with van der Waals surface area (Å²) in [6.45, 7) is 2.16. The normalized spacial score (nSPS) is 22.2. The van der Waals surface area contributed by atoms with Gasteiger partial charge in [-0.05, 0) is 12.8 Å². The van der Waals surface area contributed by atoms with E-state index in [1.165, 1.54) is 19.3 Å². The minimum atomic E-state index is -0.361. The van der Waals surface area contributed by atoms with Crippen LogP contribution in [-0.4, -0.2) is 11.9 Å². The lowest BCUT2D eigenvalue weighted by Gasteiger charge is -2.18. The fourth-order valence-electron chi connectivity index (χ4n) is 1.74. The highest BCUT2D eigenvalue weighted by Gasteiger charge is 2.28. The van der Waals surface area contributed by atoms with Gasteiger partial charge in [-0.2, -0.15) is 0 Å². The molecule has 0 aromatic rings. The topological polar surface area (TPSA) is 43.4 Å². The van der Waals surface area contributed by atoms with Gasteiger partial charge in [-0.3, -0.25) is 9.59 Å². The predicted molar refractivity (Wildman–Crippen MR) is 52.6 cm³/mol. The molecule has 1 unspecified atom stereocenters. The highest BCUT2D eigenvalue weighted by atomic mass is 16.6. The Balaban J connectivity index is 2.17. The van der Waals surface area contributed by atoms with Gasteiger partial charge in [-0.25, -0.2) is 0 Å². The van der Waals surface area contributed by atoms with Crippen LogP contribution in [0, 0.1) is 5.92 Å². The van der Waals surface area contributed by atoms with Crippen molar-refractivity contribution in [2.75, 3.05) is 0 Å². The van der Waals surface area contributed by atoms with Crippen molar-refractivity contribution < 1.29 is 14.3 Å². The number of unbranched alkanes of at least 4 members (excludes halogenated alkanes) is 3. The van der Waals surface area contributed by atoms with Gasteiger partial charge < -0.3 is 4.74 Å². The molecular formula is C11H18O3. The van der Waals surface area contributed by atoms with E-state index in [1.54, 1.807) is 0 Å². The Labute approximate surface area is 84.8 Å². The van der Waals surface area contributed by atoms with Gasteiger partial charge in [0.25, 0.3) is 0 Å². The number of ether oxygens (including phenoxy) is 1. The zero-order valence-electron chi connectivity index (χ0n) is 8.75. The molecule has 1 rings (SSSR count). The van der Waals surface area contributed by atoms with Gasteiger partial charge in [0.1, 0.15) is 0 Å². The Kier molecular flexibility index (Phi) is 4.63. The summed E-state index contributed by atoms with van der Waals surface area (Å²) in [4.78, 5) is 22.0. The SMILES string of the molecule is CCCCCCC1CCC(=O)OC1=O. The molecule has 0 amide bonds. The first kappa shape index (κ1) is 11.2. The number of hydrogen-bond acceptors (Lipinski definition) is 3. The van der Waals surface area contributed by atoms with Gasteiger partial charge in [0.05, 0.1) is 5.92 Å². The van der Waals surface area contributed by atoms with Gasteiger partial charge in [0.2, 0.25) is 0 Å². The van der Waals surface area contributed by atoms with E-state index in [9.17, 15) is 9.59 Å².